The molecule has 2 aromatic carbocycles. The number of thiophene rings is 1. The minimum Gasteiger partial charge on any atom is -0.454 e. The number of ether oxygens (including phenoxy) is 2. The third-order valence-electron chi connectivity index (χ3n) is 7.66. The first kappa shape index (κ1) is 24.0. The predicted octanol–water partition coefficient (Wildman–Crippen LogP) is 4.11. The van der Waals surface area contributed by atoms with Crippen molar-refractivity contribution in [3.8, 4) is 11.5 Å². The highest BCUT2D eigenvalue weighted by molar-refractivity contribution is 7.10. The van der Waals surface area contributed by atoms with E-state index >= 15 is 0 Å². The van der Waals surface area contributed by atoms with Crippen molar-refractivity contribution >= 4 is 23.2 Å². The number of carbonyl (C=O) groups excluding carboxylic acids is 2. The van der Waals surface area contributed by atoms with Gasteiger partial charge in [-0.2, -0.15) is 0 Å². The highest BCUT2D eigenvalue weighted by Gasteiger charge is 2.35. The summed E-state index contributed by atoms with van der Waals surface area (Å²) in [7, 11) is 0. The van der Waals surface area contributed by atoms with Crippen LogP contribution in [0.25, 0.3) is 0 Å². The van der Waals surface area contributed by atoms with Gasteiger partial charge in [0.2, 0.25) is 12.7 Å². The van der Waals surface area contributed by atoms with Crippen LogP contribution in [0.4, 0.5) is 0 Å². The van der Waals surface area contributed by atoms with Crippen LogP contribution in [0.3, 0.4) is 0 Å². The Hall–Kier alpha value is -3.36. The fourth-order valence-corrected chi connectivity index (χ4v) is 6.54. The summed E-state index contributed by atoms with van der Waals surface area (Å²) in [5.41, 5.74) is 4.36. The van der Waals surface area contributed by atoms with Crippen LogP contribution in [0.5, 0.6) is 11.5 Å². The molecule has 192 valence electrons. The number of hydrogen-bond acceptors (Lipinski definition) is 6. The second-order valence-electron chi connectivity index (χ2n) is 10.1. The topological polar surface area (TPSA) is 62.3 Å². The number of hydrogen-bond donors (Lipinski definition) is 0. The van der Waals surface area contributed by atoms with Crippen LogP contribution in [0.15, 0.2) is 53.9 Å². The molecule has 2 amide bonds. The maximum atomic E-state index is 13.5. The van der Waals surface area contributed by atoms with Gasteiger partial charge in [0.15, 0.2) is 11.5 Å². The zero-order valence-electron chi connectivity index (χ0n) is 21.2. The molecule has 0 unspecified atom stereocenters. The van der Waals surface area contributed by atoms with E-state index in [1.165, 1.54) is 21.6 Å². The van der Waals surface area contributed by atoms with E-state index in [0.717, 1.165) is 13.0 Å². The summed E-state index contributed by atoms with van der Waals surface area (Å²) in [4.78, 5) is 34.3. The Bertz CT molecular complexity index is 1320. The first-order chi connectivity index (χ1) is 18.0. The van der Waals surface area contributed by atoms with Gasteiger partial charge in [-0.05, 0) is 61.0 Å². The van der Waals surface area contributed by atoms with E-state index in [0.29, 0.717) is 43.2 Å². The molecular weight excluding hydrogens is 486 g/mol. The lowest BCUT2D eigenvalue weighted by molar-refractivity contribution is -0.135. The van der Waals surface area contributed by atoms with Crippen molar-refractivity contribution in [3.63, 3.8) is 0 Å². The predicted molar refractivity (Wildman–Crippen MR) is 142 cm³/mol. The van der Waals surface area contributed by atoms with Crippen molar-refractivity contribution in [2.24, 2.45) is 0 Å². The van der Waals surface area contributed by atoms with Crippen molar-refractivity contribution in [1.29, 1.82) is 0 Å². The summed E-state index contributed by atoms with van der Waals surface area (Å²) in [6.45, 7) is 7.09. The molecule has 2 atom stereocenters. The van der Waals surface area contributed by atoms with Crippen molar-refractivity contribution in [2.75, 3.05) is 39.5 Å². The summed E-state index contributed by atoms with van der Waals surface area (Å²) < 4.78 is 10.8. The number of piperazine rings is 1. The molecule has 0 bridgehead atoms. The second-order valence-corrected chi connectivity index (χ2v) is 11.1. The Labute approximate surface area is 221 Å². The van der Waals surface area contributed by atoms with Gasteiger partial charge < -0.3 is 19.3 Å². The molecule has 0 N–H and O–H groups in total. The first-order valence-electron chi connectivity index (χ1n) is 12.8. The van der Waals surface area contributed by atoms with Crippen LogP contribution in [-0.4, -0.2) is 72.1 Å². The largest absolute Gasteiger partial charge is 0.454 e. The molecule has 0 spiro atoms. The average Bonchev–Trinajstić information content (AvgIpc) is 3.58. The lowest BCUT2D eigenvalue weighted by atomic mass is 9.92. The molecule has 1 aromatic heterocycles. The lowest BCUT2D eigenvalue weighted by Gasteiger charge is -2.42. The fourth-order valence-electron chi connectivity index (χ4n) is 5.63. The van der Waals surface area contributed by atoms with Gasteiger partial charge in [0.1, 0.15) is 0 Å². The third-order valence-corrected chi connectivity index (χ3v) is 8.65. The Morgan fingerprint density at radius 1 is 1.00 bits per heavy atom. The monoisotopic (exact) mass is 517 g/mol. The summed E-state index contributed by atoms with van der Waals surface area (Å²) in [6, 6.07) is 16.2. The van der Waals surface area contributed by atoms with Crippen LogP contribution >= 0.6 is 11.3 Å². The molecule has 4 heterocycles. The molecule has 8 heteroatoms. The Kier molecular flexibility index (Phi) is 6.38. The number of nitrogens with zero attached hydrogens (tertiary/aromatic N) is 3. The zero-order valence-corrected chi connectivity index (χ0v) is 22.0. The minimum absolute atomic E-state index is 0.0432. The lowest BCUT2D eigenvalue weighted by Crippen LogP contribution is -2.57. The van der Waals surface area contributed by atoms with E-state index < -0.39 is 0 Å². The highest BCUT2D eigenvalue weighted by Crippen LogP contribution is 2.38. The van der Waals surface area contributed by atoms with E-state index in [2.05, 4.69) is 47.5 Å². The van der Waals surface area contributed by atoms with Gasteiger partial charge in [0, 0.05) is 42.7 Å². The molecule has 1 fully saturated rings. The summed E-state index contributed by atoms with van der Waals surface area (Å²) >= 11 is 1.81. The van der Waals surface area contributed by atoms with Crippen molar-refractivity contribution < 1.29 is 19.1 Å². The molecule has 37 heavy (non-hydrogen) atoms. The first-order valence-corrected chi connectivity index (χ1v) is 13.7. The summed E-state index contributed by atoms with van der Waals surface area (Å²) in [5, 5.41) is 2.16. The zero-order chi connectivity index (χ0) is 25.5. The van der Waals surface area contributed by atoms with Gasteiger partial charge in [-0.15, -0.1) is 11.3 Å². The van der Waals surface area contributed by atoms with E-state index in [1.807, 2.05) is 28.1 Å². The van der Waals surface area contributed by atoms with E-state index in [9.17, 15) is 9.59 Å². The van der Waals surface area contributed by atoms with Crippen LogP contribution in [0, 0.1) is 6.92 Å². The van der Waals surface area contributed by atoms with Crippen LogP contribution in [0.1, 0.15) is 44.9 Å². The number of fused-ring (bicyclic) bond motifs is 2. The van der Waals surface area contributed by atoms with Gasteiger partial charge in [-0.1, -0.05) is 29.8 Å². The van der Waals surface area contributed by atoms with Gasteiger partial charge in [-0.25, -0.2) is 0 Å². The third kappa shape index (κ3) is 4.60. The van der Waals surface area contributed by atoms with Gasteiger partial charge >= 0.3 is 0 Å². The quantitative estimate of drug-likeness (QED) is 0.521. The van der Waals surface area contributed by atoms with Crippen LogP contribution in [-0.2, 0) is 11.2 Å². The maximum Gasteiger partial charge on any atom is 0.254 e. The summed E-state index contributed by atoms with van der Waals surface area (Å²) in [5.74, 6) is 1.35. The maximum absolute atomic E-state index is 13.5. The fraction of sp³-hybridized carbons (Fsp3) is 0.379. The molecule has 7 nitrogen and oxygen atoms in total. The van der Waals surface area contributed by atoms with Gasteiger partial charge in [0.05, 0.1) is 12.6 Å². The number of rotatable bonds is 4. The van der Waals surface area contributed by atoms with E-state index in [4.69, 9.17) is 9.47 Å². The molecule has 3 aliphatic rings. The number of aryl methyl sites for hydroxylation is 1. The number of amides is 2. The molecule has 0 aliphatic carbocycles. The molecule has 3 aromatic rings. The molecule has 0 saturated carbocycles. The Morgan fingerprint density at radius 2 is 1.81 bits per heavy atom. The Balaban J connectivity index is 1.13. The van der Waals surface area contributed by atoms with Crippen molar-refractivity contribution in [3.05, 3.63) is 81.0 Å². The van der Waals surface area contributed by atoms with Crippen molar-refractivity contribution in [2.45, 2.75) is 32.4 Å². The average molecular weight is 518 g/mol. The standard InChI is InChI=1S/C29H31N3O4S/c1-19-3-5-21(6-4-19)28-23-10-14-37-26(23)9-11-31(28)17-27(33)30-12-13-32(20(2)16-30)29(34)22-7-8-24-25(15-22)36-18-35-24/h3-8,10,14-15,20,28H,9,11-13,16-18H2,1-2H3/t20-,28-/m1/s1. The molecule has 3 aliphatic heterocycles. The summed E-state index contributed by atoms with van der Waals surface area (Å²) in [6.07, 6.45) is 0.969. The minimum atomic E-state index is -0.0756. The number of benzene rings is 2. The second kappa shape index (κ2) is 9.84. The van der Waals surface area contributed by atoms with Crippen molar-refractivity contribution in [1.82, 2.24) is 14.7 Å². The molecule has 0 radical (unpaired) electrons. The number of carbonyl (C=O) groups is 2. The van der Waals surface area contributed by atoms with Gasteiger partial charge in [0.25, 0.3) is 5.91 Å². The Morgan fingerprint density at radius 3 is 2.62 bits per heavy atom. The van der Waals surface area contributed by atoms with Crippen LogP contribution in [0.2, 0.25) is 0 Å². The van der Waals surface area contributed by atoms with E-state index in [-0.39, 0.29) is 30.7 Å². The van der Waals surface area contributed by atoms with E-state index in [1.54, 1.807) is 18.2 Å². The molecule has 1 saturated heterocycles. The SMILES string of the molecule is Cc1ccc([C@@H]2c3ccsc3CCN2CC(=O)N2CCN(C(=O)c3ccc4c(c3)OCO4)[C@H](C)C2)cc1. The smallest absolute Gasteiger partial charge is 0.254 e. The highest BCUT2D eigenvalue weighted by atomic mass is 32.1. The molecule has 6 rings (SSSR count). The van der Waals surface area contributed by atoms with Crippen LogP contribution < -0.4 is 9.47 Å². The normalized spacial score (nSPS) is 21.1. The van der Waals surface area contributed by atoms with Gasteiger partial charge in [-0.3, -0.25) is 14.5 Å². The molecular formula is C29H31N3O4S.